The largest absolute Gasteiger partial charge is 0.464 e. The predicted molar refractivity (Wildman–Crippen MR) is 71.4 cm³/mol. The molecule has 1 atom stereocenters. The molecule has 8 heteroatoms. The lowest BCUT2D eigenvalue weighted by atomic mass is 10.1. The van der Waals surface area contributed by atoms with Gasteiger partial charge in [-0.25, -0.2) is 4.79 Å². The van der Waals surface area contributed by atoms with E-state index in [1.807, 2.05) is 4.90 Å². The normalized spacial score (nSPS) is 18.5. The van der Waals surface area contributed by atoms with E-state index >= 15 is 0 Å². The van der Waals surface area contributed by atoms with E-state index in [4.69, 9.17) is 0 Å². The molecule has 2 heterocycles. The first kappa shape index (κ1) is 14.2. The van der Waals surface area contributed by atoms with Gasteiger partial charge in [0.2, 0.25) is 5.91 Å². The highest BCUT2D eigenvalue weighted by molar-refractivity contribution is 5.87. The number of carbonyl (C=O) groups excluding carboxylic acids is 2. The molecule has 0 aromatic carbocycles. The minimum absolute atomic E-state index is 0.0870. The molecule has 0 aliphatic carbocycles. The van der Waals surface area contributed by atoms with Crippen LogP contribution in [0.3, 0.4) is 0 Å². The highest BCUT2D eigenvalue weighted by atomic mass is 16.5. The Balaban J connectivity index is 2.20. The van der Waals surface area contributed by atoms with Gasteiger partial charge in [-0.05, 0) is 12.1 Å². The van der Waals surface area contributed by atoms with Gasteiger partial charge in [0, 0.05) is 26.7 Å². The first-order valence-corrected chi connectivity index (χ1v) is 6.28. The fraction of sp³-hybridized carbons (Fsp3) is 0.500. The Labute approximate surface area is 116 Å². The van der Waals surface area contributed by atoms with E-state index in [9.17, 15) is 9.59 Å². The molecule has 8 nitrogen and oxygen atoms in total. The average Bonchev–Trinajstić information content (AvgIpc) is 2.53. The van der Waals surface area contributed by atoms with Gasteiger partial charge in [-0.2, -0.15) is 0 Å². The lowest BCUT2D eigenvalue weighted by Gasteiger charge is -2.35. The Morgan fingerprint density at radius 3 is 2.85 bits per heavy atom. The summed E-state index contributed by atoms with van der Waals surface area (Å²) in [5, 5.41) is 13.6. The zero-order valence-electron chi connectivity index (χ0n) is 11.4. The van der Waals surface area contributed by atoms with Gasteiger partial charge in [-0.3, -0.25) is 4.79 Å². The van der Waals surface area contributed by atoms with E-state index < -0.39 is 5.97 Å². The van der Waals surface area contributed by atoms with Crippen molar-refractivity contribution in [1.29, 1.82) is 0 Å². The van der Waals surface area contributed by atoms with Crippen molar-refractivity contribution in [3.63, 3.8) is 0 Å². The van der Waals surface area contributed by atoms with Crippen LogP contribution in [0.1, 0.15) is 10.5 Å². The minimum Gasteiger partial charge on any atom is -0.464 e. The fourth-order valence-corrected chi connectivity index (χ4v) is 2.07. The van der Waals surface area contributed by atoms with Crippen molar-refractivity contribution in [2.45, 2.75) is 6.04 Å². The van der Waals surface area contributed by atoms with E-state index in [1.54, 1.807) is 13.1 Å². The van der Waals surface area contributed by atoms with Crippen LogP contribution in [-0.2, 0) is 9.53 Å². The molecule has 20 heavy (non-hydrogen) atoms. The van der Waals surface area contributed by atoms with Crippen LogP contribution < -0.4 is 15.5 Å². The van der Waals surface area contributed by atoms with Gasteiger partial charge in [0.15, 0.2) is 11.5 Å². The first-order chi connectivity index (χ1) is 9.67. The molecular formula is C12H17N5O3. The molecule has 2 rings (SSSR count). The van der Waals surface area contributed by atoms with Crippen LogP contribution in [0.4, 0.5) is 5.82 Å². The molecule has 1 aromatic heterocycles. The molecule has 108 valence electrons. The van der Waals surface area contributed by atoms with Crippen molar-refractivity contribution >= 4 is 17.7 Å². The van der Waals surface area contributed by atoms with Crippen LogP contribution in [0.25, 0.3) is 0 Å². The number of nitrogens with one attached hydrogen (secondary N) is 2. The van der Waals surface area contributed by atoms with Gasteiger partial charge in [0.1, 0.15) is 6.04 Å². The number of esters is 1. The van der Waals surface area contributed by atoms with Gasteiger partial charge in [-0.15, -0.1) is 10.2 Å². The number of aromatic nitrogens is 2. The number of carbonyl (C=O) groups is 2. The van der Waals surface area contributed by atoms with Crippen LogP contribution in [0.5, 0.6) is 0 Å². The molecule has 1 saturated heterocycles. The van der Waals surface area contributed by atoms with Crippen LogP contribution in [-0.4, -0.2) is 61.9 Å². The van der Waals surface area contributed by atoms with Crippen molar-refractivity contribution in [2.75, 3.05) is 38.7 Å². The van der Waals surface area contributed by atoms with Gasteiger partial charge >= 0.3 is 5.97 Å². The first-order valence-electron chi connectivity index (χ1n) is 6.28. The van der Waals surface area contributed by atoms with Crippen LogP contribution in [0.2, 0.25) is 0 Å². The minimum atomic E-state index is -0.535. The number of ether oxygens (including phenoxy) is 1. The second-order valence-electron chi connectivity index (χ2n) is 4.30. The number of hydrogen-bond donors (Lipinski definition) is 2. The van der Waals surface area contributed by atoms with E-state index in [0.29, 0.717) is 18.9 Å². The van der Waals surface area contributed by atoms with Crippen molar-refractivity contribution in [1.82, 2.24) is 20.8 Å². The summed E-state index contributed by atoms with van der Waals surface area (Å²) in [5.41, 5.74) is 0.142. The van der Waals surface area contributed by atoms with E-state index in [1.165, 1.54) is 13.2 Å². The van der Waals surface area contributed by atoms with Crippen LogP contribution >= 0.6 is 0 Å². The summed E-state index contributed by atoms with van der Waals surface area (Å²) in [6.07, 6.45) is 0. The van der Waals surface area contributed by atoms with E-state index in [0.717, 1.165) is 6.54 Å². The van der Waals surface area contributed by atoms with Gasteiger partial charge in [0.05, 0.1) is 7.11 Å². The molecule has 1 aromatic rings. The Morgan fingerprint density at radius 2 is 2.25 bits per heavy atom. The maximum absolute atomic E-state index is 11.9. The van der Waals surface area contributed by atoms with Crippen LogP contribution in [0.15, 0.2) is 12.1 Å². The number of piperazine rings is 1. The molecule has 0 spiro atoms. The average molecular weight is 279 g/mol. The monoisotopic (exact) mass is 279 g/mol. The summed E-state index contributed by atoms with van der Waals surface area (Å²) in [4.78, 5) is 25.0. The Bertz CT molecular complexity index is 490. The lowest BCUT2D eigenvalue weighted by molar-refractivity contribution is -0.122. The van der Waals surface area contributed by atoms with Crippen molar-refractivity contribution < 1.29 is 14.3 Å². The summed E-state index contributed by atoms with van der Waals surface area (Å²) in [5.74, 6) is -0.0593. The fourth-order valence-electron chi connectivity index (χ4n) is 2.07. The number of amides is 1. The maximum Gasteiger partial charge on any atom is 0.358 e. The summed E-state index contributed by atoms with van der Waals surface area (Å²) in [7, 11) is 2.89. The molecule has 1 fully saturated rings. The molecule has 1 aliphatic heterocycles. The summed E-state index contributed by atoms with van der Waals surface area (Å²) in [6.45, 7) is 1.94. The zero-order chi connectivity index (χ0) is 14.5. The molecule has 0 bridgehead atoms. The summed E-state index contributed by atoms with van der Waals surface area (Å²) >= 11 is 0. The van der Waals surface area contributed by atoms with Crippen molar-refractivity contribution in [3.05, 3.63) is 17.8 Å². The van der Waals surface area contributed by atoms with Crippen molar-refractivity contribution in [2.24, 2.45) is 0 Å². The highest BCUT2D eigenvalue weighted by Gasteiger charge is 2.29. The second-order valence-corrected chi connectivity index (χ2v) is 4.30. The number of anilines is 1. The third-order valence-electron chi connectivity index (χ3n) is 3.13. The van der Waals surface area contributed by atoms with E-state index in [2.05, 4.69) is 25.6 Å². The SMILES string of the molecule is CNC(=O)C1CNCCN1c1ccc(C(=O)OC)nn1. The zero-order valence-corrected chi connectivity index (χ0v) is 11.4. The number of rotatable bonds is 3. The molecule has 1 aliphatic rings. The summed E-state index contributed by atoms with van der Waals surface area (Å²) in [6, 6.07) is 2.87. The molecule has 1 unspecified atom stereocenters. The standard InChI is InChI=1S/C12H17N5O3/c1-13-11(18)9-7-14-5-6-17(9)10-4-3-8(15-16-10)12(19)20-2/h3-4,9,14H,5-7H2,1-2H3,(H,13,18). The van der Waals surface area contributed by atoms with Gasteiger partial charge < -0.3 is 20.3 Å². The number of nitrogens with zero attached hydrogens (tertiary/aromatic N) is 3. The number of hydrogen-bond acceptors (Lipinski definition) is 7. The van der Waals surface area contributed by atoms with Crippen LogP contribution in [0, 0.1) is 0 Å². The molecule has 0 radical (unpaired) electrons. The van der Waals surface area contributed by atoms with Gasteiger partial charge in [-0.1, -0.05) is 0 Å². The Kier molecular flexibility index (Phi) is 4.46. The maximum atomic E-state index is 11.9. The Hall–Kier alpha value is -2.22. The predicted octanol–water partition coefficient (Wildman–Crippen LogP) is -1.21. The third-order valence-corrected chi connectivity index (χ3v) is 3.13. The highest BCUT2D eigenvalue weighted by Crippen LogP contribution is 2.15. The van der Waals surface area contributed by atoms with E-state index in [-0.39, 0.29) is 17.6 Å². The quantitative estimate of drug-likeness (QED) is 0.670. The second kappa shape index (κ2) is 6.29. The lowest BCUT2D eigenvalue weighted by Crippen LogP contribution is -2.58. The number of methoxy groups -OCH3 is 1. The topological polar surface area (TPSA) is 96.5 Å². The number of likely N-dealkylation sites (N-methyl/N-ethyl adjacent to an activating group) is 1. The molecule has 1 amide bonds. The van der Waals surface area contributed by atoms with Crippen molar-refractivity contribution in [3.8, 4) is 0 Å². The molecule has 2 N–H and O–H groups in total. The Morgan fingerprint density at radius 1 is 1.45 bits per heavy atom. The van der Waals surface area contributed by atoms with Gasteiger partial charge in [0.25, 0.3) is 0 Å². The molecular weight excluding hydrogens is 262 g/mol. The smallest absolute Gasteiger partial charge is 0.358 e. The third kappa shape index (κ3) is 2.85. The molecule has 0 saturated carbocycles. The summed E-state index contributed by atoms with van der Waals surface area (Å²) < 4.78 is 4.57.